The largest absolute Gasteiger partial charge is 0.466 e. The van der Waals surface area contributed by atoms with E-state index in [4.69, 9.17) is 4.74 Å². The van der Waals surface area contributed by atoms with E-state index in [2.05, 4.69) is 15.9 Å². The first kappa shape index (κ1) is 16.0. The van der Waals surface area contributed by atoms with E-state index in [-0.39, 0.29) is 36.5 Å². The lowest BCUT2D eigenvalue weighted by Gasteiger charge is -2.14. The molecule has 0 radical (unpaired) electrons. The minimum absolute atomic E-state index is 0.00184. The summed E-state index contributed by atoms with van der Waals surface area (Å²) in [6, 6.07) is 4.51. The Balaban J connectivity index is 2.13. The number of benzene rings is 1. The SMILES string of the molecule is CCOC(=O)CCCN1C(=O)c2ccc(Br)cc2S1(=O)=O. The molecule has 6 nitrogen and oxygen atoms in total. The number of carbonyl (C=O) groups excluding carboxylic acids is 2. The Morgan fingerprint density at radius 1 is 1.38 bits per heavy atom. The van der Waals surface area contributed by atoms with Crippen molar-refractivity contribution in [2.75, 3.05) is 13.2 Å². The predicted octanol–water partition coefficient (Wildman–Crippen LogP) is 1.94. The number of hydrogen-bond donors (Lipinski definition) is 0. The molecule has 0 spiro atoms. The van der Waals surface area contributed by atoms with Gasteiger partial charge in [-0.2, -0.15) is 0 Å². The van der Waals surface area contributed by atoms with E-state index in [1.165, 1.54) is 12.1 Å². The second-order valence-electron chi connectivity index (χ2n) is 4.43. The van der Waals surface area contributed by atoms with Crippen LogP contribution in [0.15, 0.2) is 27.6 Å². The van der Waals surface area contributed by atoms with Crippen molar-refractivity contribution in [3.05, 3.63) is 28.2 Å². The Labute approximate surface area is 131 Å². The smallest absolute Gasteiger partial charge is 0.305 e. The average Bonchev–Trinajstić information content (AvgIpc) is 2.60. The topological polar surface area (TPSA) is 80.8 Å². The van der Waals surface area contributed by atoms with Gasteiger partial charge in [0.2, 0.25) is 0 Å². The van der Waals surface area contributed by atoms with E-state index in [1.54, 1.807) is 13.0 Å². The van der Waals surface area contributed by atoms with Gasteiger partial charge in [-0.1, -0.05) is 15.9 Å². The minimum Gasteiger partial charge on any atom is -0.466 e. The van der Waals surface area contributed by atoms with Crippen molar-refractivity contribution in [1.29, 1.82) is 0 Å². The number of hydrogen-bond acceptors (Lipinski definition) is 5. The summed E-state index contributed by atoms with van der Waals surface area (Å²) >= 11 is 3.19. The van der Waals surface area contributed by atoms with E-state index in [0.29, 0.717) is 4.47 Å². The van der Waals surface area contributed by atoms with Crippen LogP contribution in [0.25, 0.3) is 0 Å². The van der Waals surface area contributed by atoms with Gasteiger partial charge in [0, 0.05) is 17.4 Å². The highest BCUT2D eigenvalue weighted by Crippen LogP contribution is 2.32. The molecule has 0 saturated carbocycles. The van der Waals surface area contributed by atoms with E-state index < -0.39 is 21.9 Å². The molecule has 0 atom stereocenters. The maximum Gasteiger partial charge on any atom is 0.305 e. The zero-order valence-corrected chi connectivity index (χ0v) is 13.7. The molecule has 0 saturated heterocycles. The third kappa shape index (κ3) is 3.11. The number of rotatable bonds is 5. The molecule has 0 bridgehead atoms. The van der Waals surface area contributed by atoms with Gasteiger partial charge in [0.05, 0.1) is 12.2 Å². The highest BCUT2D eigenvalue weighted by Gasteiger charge is 2.40. The minimum atomic E-state index is -3.83. The zero-order valence-electron chi connectivity index (χ0n) is 11.3. The highest BCUT2D eigenvalue weighted by molar-refractivity contribution is 9.10. The first-order valence-corrected chi connectivity index (χ1v) is 8.63. The number of fused-ring (bicyclic) bond motifs is 1. The van der Waals surface area contributed by atoms with Crippen LogP contribution in [0.3, 0.4) is 0 Å². The van der Waals surface area contributed by atoms with Crippen LogP contribution in [0.4, 0.5) is 0 Å². The number of carbonyl (C=O) groups is 2. The summed E-state index contributed by atoms with van der Waals surface area (Å²) in [5.74, 6) is -0.955. The average molecular weight is 376 g/mol. The molecule has 1 heterocycles. The van der Waals surface area contributed by atoms with Gasteiger partial charge in [-0.05, 0) is 31.5 Å². The fourth-order valence-electron chi connectivity index (χ4n) is 2.07. The van der Waals surface area contributed by atoms with E-state index in [9.17, 15) is 18.0 Å². The Bertz CT molecular complexity index is 686. The molecule has 1 aliphatic heterocycles. The van der Waals surface area contributed by atoms with Crippen LogP contribution < -0.4 is 0 Å². The molecular weight excluding hydrogens is 362 g/mol. The summed E-state index contributed by atoms with van der Waals surface area (Å²) < 4.78 is 30.8. The lowest BCUT2D eigenvalue weighted by molar-refractivity contribution is -0.143. The molecule has 0 unspecified atom stereocenters. The summed E-state index contributed by atoms with van der Waals surface area (Å²) in [5, 5.41) is 0. The van der Waals surface area contributed by atoms with E-state index in [0.717, 1.165) is 4.31 Å². The predicted molar refractivity (Wildman–Crippen MR) is 78.2 cm³/mol. The van der Waals surface area contributed by atoms with Crippen LogP contribution in [0, 0.1) is 0 Å². The van der Waals surface area contributed by atoms with Crippen molar-refractivity contribution in [3.8, 4) is 0 Å². The first-order chi connectivity index (χ1) is 9.87. The molecule has 114 valence electrons. The van der Waals surface area contributed by atoms with Crippen molar-refractivity contribution in [3.63, 3.8) is 0 Å². The Hall–Kier alpha value is -1.41. The first-order valence-electron chi connectivity index (χ1n) is 6.40. The molecule has 0 aliphatic carbocycles. The van der Waals surface area contributed by atoms with E-state index >= 15 is 0 Å². The van der Waals surface area contributed by atoms with Gasteiger partial charge in [0.25, 0.3) is 15.9 Å². The standard InChI is InChI=1S/C13H14BrNO5S/c1-2-20-12(16)4-3-7-15-13(17)10-6-5-9(14)8-11(10)21(15,18)19/h5-6,8H,2-4,7H2,1H3. The van der Waals surface area contributed by atoms with Gasteiger partial charge < -0.3 is 4.74 Å². The molecule has 0 aromatic heterocycles. The van der Waals surface area contributed by atoms with Gasteiger partial charge >= 0.3 is 5.97 Å². The molecule has 8 heteroatoms. The summed E-state index contributed by atoms with van der Waals surface area (Å²) in [7, 11) is -3.83. The lowest BCUT2D eigenvalue weighted by atomic mass is 10.2. The molecule has 1 aromatic carbocycles. The summed E-state index contributed by atoms with van der Waals surface area (Å²) in [6.07, 6.45) is 0.312. The van der Waals surface area contributed by atoms with Crippen molar-refractivity contribution in [2.45, 2.75) is 24.7 Å². The van der Waals surface area contributed by atoms with Gasteiger partial charge in [-0.15, -0.1) is 0 Å². The third-order valence-electron chi connectivity index (χ3n) is 3.02. The molecule has 21 heavy (non-hydrogen) atoms. The quantitative estimate of drug-likeness (QED) is 0.734. The monoisotopic (exact) mass is 375 g/mol. The number of halogens is 1. The Morgan fingerprint density at radius 3 is 2.76 bits per heavy atom. The number of sulfonamides is 1. The van der Waals surface area contributed by atoms with Gasteiger partial charge in [0.15, 0.2) is 0 Å². The van der Waals surface area contributed by atoms with Crippen molar-refractivity contribution >= 4 is 37.8 Å². The maximum absolute atomic E-state index is 12.3. The number of esters is 1. The highest BCUT2D eigenvalue weighted by atomic mass is 79.9. The number of nitrogens with zero attached hydrogens (tertiary/aromatic N) is 1. The lowest BCUT2D eigenvalue weighted by Crippen LogP contribution is -2.31. The van der Waals surface area contributed by atoms with Gasteiger partial charge in [0.1, 0.15) is 4.90 Å². The maximum atomic E-state index is 12.3. The second-order valence-corrected chi connectivity index (χ2v) is 7.18. The summed E-state index contributed by atoms with van der Waals surface area (Å²) in [6.45, 7) is 1.94. The van der Waals surface area contributed by atoms with Crippen LogP contribution in [-0.4, -0.2) is 37.8 Å². The molecule has 1 amide bonds. The molecule has 2 rings (SSSR count). The molecule has 1 aromatic rings. The Morgan fingerprint density at radius 2 is 2.10 bits per heavy atom. The van der Waals surface area contributed by atoms with Crippen LogP contribution in [-0.2, 0) is 19.6 Å². The fraction of sp³-hybridized carbons (Fsp3) is 0.385. The Kier molecular flexibility index (Phi) is 4.67. The number of ether oxygens (including phenoxy) is 1. The van der Waals surface area contributed by atoms with Crippen LogP contribution in [0.5, 0.6) is 0 Å². The fourth-order valence-corrected chi connectivity index (χ4v) is 4.22. The van der Waals surface area contributed by atoms with Crippen LogP contribution >= 0.6 is 15.9 Å². The molecule has 0 N–H and O–H groups in total. The molecular formula is C13H14BrNO5S. The number of amides is 1. The molecule has 1 aliphatic rings. The van der Waals surface area contributed by atoms with Gasteiger partial charge in [-0.25, -0.2) is 12.7 Å². The second kappa shape index (κ2) is 6.15. The van der Waals surface area contributed by atoms with Crippen LogP contribution in [0.2, 0.25) is 0 Å². The summed E-state index contributed by atoms with van der Waals surface area (Å²) in [4.78, 5) is 23.4. The third-order valence-corrected chi connectivity index (χ3v) is 5.33. The van der Waals surface area contributed by atoms with Crippen molar-refractivity contribution < 1.29 is 22.7 Å². The van der Waals surface area contributed by atoms with Crippen molar-refractivity contribution in [2.24, 2.45) is 0 Å². The molecule has 0 fully saturated rings. The zero-order chi connectivity index (χ0) is 15.6. The summed E-state index contributed by atoms with van der Waals surface area (Å²) in [5.41, 5.74) is 0.161. The normalized spacial score (nSPS) is 15.9. The van der Waals surface area contributed by atoms with E-state index in [1.807, 2.05) is 0 Å². The van der Waals surface area contributed by atoms with Gasteiger partial charge in [-0.3, -0.25) is 9.59 Å². The van der Waals surface area contributed by atoms with Crippen LogP contribution in [0.1, 0.15) is 30.1 Å². The van der Waals surface area contributed by atoms with Crippen molar-refractivity contribution in [1.82, 2.24) is 4.31 Å².